The lowest BCUT2D eigenvalue weighted by molar-refractivity contribution is 0.255. The Morgan fingerprint density at radius 3 is 2.56 bits per heavy atom. The number of rotatable bonds is 5. The third-order valence-corrected chi connectivity index (χ3v) is 5.50. The summed E-state index contributed by atoms with van der Waals surface area (Å²) in [6.45, 7) is 4.66. The molecule has 2 atom stereocenters. The molecule has 0 aliphatic carbocycles. The first kappa shape index (κ1) is 16.4. The monoisotopic (exact) mass is 338 g/mol. The summed E-state index contributed by atoms with van der Waals surface area (Å²) in [6, 6.07) is 16.9. The summed E-state index contributed by atoms with van der Waals surface area (Å²) in [5.41, 5.74) is 1.31. The predicted octanol–water partition coefficient (Wildman–Crippen LogP) is 3.62. The van der Waals surface area contributed by atoms with Gasteiger partial charge in [-0.15, -0.1) is 0 Å². The van der Waals surface area contributed by atoms with E-state index in [9.17, 15) is 0 Å². The highest BCUT2D eigenvalue weighted by Gasteiger charge is 2.39. The maximum Gasteiger partial charge on any atom is 0.127 e. The van der Waals surface area contributed by atoms with Crippen molar-refractivity contribution in [3.8, 4) is 17.2 Å². The lowest BCUT2D eigenvalue weighted by atomic mass is 10.1. The van der Waals surface area contributed by atoms with Gasteiger partial charge in [0.2, 0.25) is 0 Å². The zero-order chi connectivity index (χ0) is 17.2. The first-order valence-corrected chi connectivity index (χ1v) is 9.05. The number of hydrogen-bond acceptors (Lipinski definition) is 4. The van der Waals surface area contributed by atoms with Crippen LogP contribution in [0.5, 0.6) is 17.2 Å². The second kappa shape index (κ2) is 7.06. The fourth-order valence-electron chi connectivity index (χ4n) is 4.13. The Hall–Kier alpha value is -2.04. The average molecular weight is 338 g/mol. The molecule has 0 amide bonds. The van der Waals surface area contributed by atoms with E-state index in [4.69, 9.17) is 9.47 Å². The molecule has 4 rings (SSSR count). The summed E-state index contributed by atoms with van der Waals surface area (Å²) in [7, 11) is 3.93. The number of methoxy groups -OCH3 is 1. The highest BCUT2D eigenvalue weighted by molar-refractivity contribution is 5.36. The fraction of sp³-hybridized carbons (Fsp3) is 0.429. The zero-order valence-electron chi connectivity index (χ0n) is 15.0. The Morgan fingerprint density at radius 2 is 1.80 bits per heavy atom. The van der Waals surface area contributed by atoms with Crippen LogP contribution in [0.3, 0.4) is 0 Å². The molecule has 2 fully saturated rings. The number of ether oxygens (including phenoxy) is 2. The van der Waals surface area contributed by atoms with Crippen LogP contribution in [-0.2, 0) is 6.54 Å². The SMILES string of the molecule is COc1ccc(Oc2cccc(CN3C[C@H]4CCN(C)[C@H]4C3)c2)cc1. The van der Waals surface area contributed by atoms with Gasteiger partial charge in [-0.25, -0.2) is 0 Å². The molecule has 132 valence electrons. The summed E-state index contributed by atoms with van der Waals surface area (Å²) >= 11 is 0. The van der Waals surface area contributed by atoms with Crippen LogP contribution >= 0.6 is 0 Å². The smallest absolute Gasteiger partial charge is 0.127 e. The second-order valence-electron chi connectivity index (χ2n) is 7.22. The summed E-state index contributed by atoms with van der Waals surface area (Å²) in [6.07, 6.45) is 1.35. The minimum atomic E-state index is 0.749. The van der Waals surface area contributed by atoms with Gasteiger partial charge >= 0.3 is 0 Å². The van der Waals surface area contributed by atoms with Crippen LogP contribution in [0.1, 0.15) is 12.0 Å². The third-order valence-electron chi connectivity index (χ3n) is 5.50. The molecular formula is C21H26N2O2. The fourth-order valence-corrected chi connectivity index (χ4v) is 4.13. The lowest BCUT2D eigenvalue weighted by Crippen LogP contribution is -2.31. The summed E-state index contributed by atoms with van der Waals surface area (Å²) in [4.78, 5) is 5.10. The Bertz CT molecular complexity index is 716. The molecule has 2 aromatic rings. The van der Waals surface area contributed by atoms with Crippen molar-refractivity contribution in [2.24, 2.45) is 5.92 Å². The molecule has 2 aliphatic rings. The molecule has 0 bridgehead atoms. The quantitative estimate of drug-likeness (QED) is 0.831. The summed E-state index contributed by atoms with van der Waals surface area (Å²) in [5.74, 6) is 3.41. The molecule has 4 heteroatoms. The van der Waals surface area contributed by atoms with Gasteiger partial charge in [0.1, 0.15) is 17.2 Å². The van der Waals surface area contributed by atoms with E-state index in [1.165, 1.54) is 31.6 Å². The normalized spacial score (nSPS) is 23.6. The van der Waals surface area contributed by atoms with Crippen LogP contribution in [0, 0.1) is 5.92 Å². The molecule has 0 spiro atoms. The van der Waals surface area contributed by atoms with Crippen molar-refractivity contribution in [1.29, 1.82) is 0 Å². The van der Waals surface area contributed by atoms with E-state index in [1.54, 1.807) is 7.11 Å². The molecule has 0 N–H and O–H groups in total. The minimum Gasteiger partial charge on any atom is -0.497 e. The zero-order valence-corrected chi connectivity index (χ0v) is 15.0. The third kappa shape index (κ3) is 3.65. The first-order chi connectivity index (χ1) is 12.2. The average Bonchev–Trinajstić information content (AvgIpc) is 3.17. The van der Waals surface area contributed by atoms with Crippen LogP contribution in [0.4, 0.5) is 0 Å². The van der Waals surface area contributed by atoms with E-state index in [-0.39, 0.29) is 0 Å². The summed E-state index contributed by atoms with van der Waals surface area (Å²) in [5, 5.41) is 0. The Labute approximate surface area is 150 Å². The van der Waals surface area contributed by atoms with Crippen molar-refractivity contribution >= 4 is 0 Å². The van der Waals surface area contributed by atoms with Crippen molar-refractivity contribution in [2.75, 3.05) is 33.8 Å². The predicted molar refractivity (Wildman–Crippen MR) is 99.3 cm³/mol. The van der Waals surface area contributed by atoms with E-state index in [1.807, 2.05) is 30.3 Å². The maximum atomic E-state index is 5.99. The van der Waals surface area contributed by atoms with Crippen molar-refractivity contribution in [2.45, 2.75) is 19.0 Å². The first-order valence-electron chi connectivity index (χ1n) is 9.05. The molecule has 0 radical (unpaired) electrons. The van der Waals surface area contributed by atoms with Crippen LogP contribution in [0.2, 0.25) is 0 Å². The molecule has 2 saturated heterocycles. The lowest BCUT2D eigenvalue weighted by Gasteiger charge is -2.20. The van der Waals surface area contributed by atoms with Crippen molar-refractivity contribution in [3.05, 3.63) is 54.1 Å². The Balaban J connectivity index is 1.39. The van der Waals surface area contributed by atoms with Crippen molar-refractivity contribution in [1.82, 2.24) is 9.80 Å². The molecule has 0 unspecified atom stereocenters. The largest absolute Gasteiger partial charge is 0.497 e. The second-order valence-corrected chi connectivity index (χ2v) is 7.22. The van der Waals surface area contributed by atoms with Gasteiger partial charge < -0.3 is 14.4 Å². The van der Waals surface area contributed by atoms with E-state index in [0.717, 1.165) is 35.8 Å². The molecule has 25 heavy (non-hydrogen) atoms. The van der Waals surface area contributed by atoms with E-state index in [2.05, 4.69) is 35.0 Å². The minimum absolute atomic E-state index is 0.749. The number of likely N-dealkylation sites (tertiary alicyclic amines) is 2. The van der Waals surface area contributed by atoms with Crippen LogP contribution in [0.15, 0.2) is 48.5 Å². The van der Waals surface area contributed by atoms with Gasteiger partial charge in [-0.2, -0.15) is 0 Å². The van der Waals surface area contributed by atoms with E-state index in [0.29, 0.717) is 0 Å². The van der Waals surface area contributed by atoms with E-state index >= 15 is 0 Å². The molecule has 0 saturated carbocycles. The van der Waals surface area contributed by atoms with Crippen LogP contribution in [-0.4, -0.2) is 49.6 Å². The van der Waals surface area contributed by atoms with Crippen LogP contribution in [0.25, 0.3) is 0 Å². The topological polar surface area (TPSA) is 24.9 Å². The molecule has 2 aromatic carbocycles. The highest BCUT2D eigenvalue weighted by Crippen LogP contribution is 2.31. The molecule has 2 heterocycles. The van der Waals surface area contributed by atoms with E-state index < -0.39 is 0 Å². The van der Waals surface area contributed by atoms with Gasteiger partial charge in [-0.3, -0.25) is 4.90 Å². The van der Waals surface area contributed by atoms with Crippen LogP contribution < -0.4 is 9.47 Å². The van der Waals surface area contributed by atoms with Crippen molar-refractivity contribution < 1.29 is 9.47 Å². The van der Waals surface area contributed by atoms with Crippen molar-refractivity contribution in [3.63, 3.8) is 0 Å². The number of hydrogen-bond donors (Lipinski definition) is 0. The van der Waals surface area contributed by atoms with Gasteiger partial charge in [0.15, 0.2) is 0 Å². The standard InChI is InChI=1S/C21H26N2O2/c1-22-11-10-17-14-23(15-21(17)22)13-16-4-3-5-20(12-16)25-19-8-6-18(24-2)7-9-19/h3-9,12,17,21H,10-11,13-15H2,1-2H3/t17-,21+/m1/s1. The number of fused-ring (bicyclic) bond motifs is 1. The molecule has 2 aliphatic heterocycles. The molecule has 4 nitrogen and oxygen atoms in total. The molecule has 0 aromatic heterocycles. The molecular weight excluding hydrogens is 312 g/mol. The highest BCUT2D eigenvalue weighted by atomic mass is 16.5. The maximum absolute atomic E-state index is 5.99. The van der Waals surface area contributed by atoms with Gasteiger partial charge in [0.05, 0.1) is 7.11 Å². The Kier molecular flexibility index (Phi) is 4.64. The number of likely N-dealkylation sites (N-methyl/N-ethyl adjacent to an activating group) is 1. The number of nitrogens with zero attached hydrogens (tertiary/aromatic N) is 2. The van der Waals surface area contributed by atoms with Gasteiger partial charge in [-0.05, 0) is 67.9 Å². The van der Waals surface area contributed by atoms with Gasteiger partial charge in [0.25, 0.3) is 0 Å². The number of benzene rings is 2. The Morgan fingerprint density at radius 1 is 1.00 bits per heavy atom. The van der Waals surface area contributed by atoms with Gasteiger partial charge in [0, 0.05) is 25.7 Å². The summed E-state index contributed by atoms with van der Waals surface area (Å²) < 4.78 is 11.2. The van der Waals surface area contributed by atoms with Gasteiger partial charge in [-0.1, -0.05) is 12.1 Å².